The zero-order chi connectivity index (χ0) is 15.0. The van der Waals surface area contributed by atoms with Gasteiger partial charge in [-0.1, -0.05) is 23.2 Å². The largest absolute Gasteiger partial charge is 0.343 e. The first-order valence-corrected chi connectivity index (χ1v) is 6.97. The molecule has 1 heterocycles. The first-order valence-electron chi connectivity index (χ1n) is 6.22. The number of non-ortho nitro benzene ring substituents is 1. The summed E-state index contributed by atoms with van der Waals surface area (Å²) in [5, 5.41) is 13.1. The number of nitro benzene ring substituents is 1. The fourth-order valence-electron chi connectivity index (χ4n) is 2.27. The van der Waals surface area contributed by atoms with Gasteiger partial charge < -0.3 is 4.57 Å². The number of rotatable bonds is 3. The average molecular weight is 321 g/mol. The number of benzene rings is 2. The van der Waals surface area contributed by atoms with Gasteiger partial charge >= 0.3 is 0 Å². The maximum Gasteiger partial charge on any atom is 0.271 e. The normalized spacial score (nSPS) is 11.0. The molecule has 4 nitrogen and oxygen atoms in total. The number of halogens is 2. The quantitative estimate of drug-likeness (QED) is 0.508. The molecule has 21 heavy (non-hydrogen) atoms. The van der Waals surface area contributed by atoms with E-state index in [0.29, 0.717) is 16.6 Å². The highest BCUT2D eigenvalue weighted by Gasteiger charge is 2.10. The number of aromatic nitrogens is 1. The highest BCUT2D eigenvalue weighted by molar-refractivity contribution is 6.33. The Labute approximate surface area is 130 Å². The Kier molecular flexibility index (Phi) is 3.57. The van der Waals surface area contributed by atoms with E-state index in [1.165, 1.54) is 6.07 Å². The lowest BCUT2D eigenvalue weighted by Crippen LogP contribution is -1.99. The lowest BCUT2D eigenvalue weighted by molar-refractivity contribution is -0.384. The number of nitro groups is 1. The topological polar surface area (TPSA) is 48.1 Å². The van der Waals surface area contributed by atoms with Gasteiger partial charge in [-0.25, -0.2) is 0 Å². The van der Waals surface area contributed by atoms with Gasteiger partial charge in [-0.3, -0.25) is 10.1 Å². The molecule has 0 bridgehead atoms. The van der Waals surface area contributed by atoms with Gasteiger partial charge in [-0.15, -0.1) is 0 Å². The van der Waals surface area contributed by atoms with Crippen LogP contribution >= 0.6 is 23.2 Å². The average Bonchev–Trinajstić information content (AvgIpc) is 2.85. The Morgan fingerprint density at radius 1 is 1.10 bits per heavy atom. The van der Waals surface area contributed by atoms with Gasteiger partial charge in [0.1, 0.15) is 0 Å². The Balaban J connectivity index is 2.06. The molecule has 0 radical (unpaired) electrons. The summed E-state index contributed by atoms with van der Waals surface area (Å²) in [7, 11) is 0. The maximum absolute atomic E-state index is 10.9. The third-order valence-corrected chi connectivity index (χ3v) is 3.92. The van der Waals surface area contributed by atoms with E-state index in [-0.39, 0.29) is 5.69 Å². The van der Waals surface area contributed by atoms with Crippen LogP contribution in [-0.2, 0) is 6.54 Å². The molecule has 0 N–H and O–H groups in total. The van der Waals surface area contributed by atoms with Crippen LogP contribution in [0, 0.1) is 10.1 Å². The summed E-state index contributed by atoms with van der Waals surface area (Å²) < 4.78 is 1.92. The van der Waals surface area contributed by atoms with Crippen LogP contribution < -0.4 is 0 Å². The van der Waals surface area contributed by atoms with Crippen molar-refractivity contribution in [1.82, 2.24) is 4.57 Å². The van der Waals surface area contributed by atoms with E-state index in [2.05, 4.69) is 0 Å². The molecule has 0 aliphatic carbocycles. The van der Waals surface area contributed by atoms with Crippen LogP contribution in [0.1, 0.15) is 5.56 Å². The van der Waals surface area contributed by atoms with Crippen molar-refractivity contribution in [3.05, 3.63) is 74.4 Å². The predicted octanol–water partition coefficient (Wildman–Crippen LogP) is 4.90. The molecule has 0 saturated carbocycles. The molecule has 3 rings (SSSR count). The molecular formula is C15H10Cl2N2O2. The van der Waals surface area contributed by atoms with Crippen molar-refractivity contribution in [2.45, 2.75) is 6.54 Å². The van der Waals surface area contributed by atoms with Crippen molar-refractivity contribution in [3.63, 3.8) is 0 Å². The molecule has 2 aromatic carbocycles. The summed E-state index contributed by atoms with van der Waals surface area (Å²) in [6.07, 6.45) is 1.88. The van der Waals surface area contributed by atoms with Crippen LogP contribution in [0.25, 0.3) is 10.9 Å². The van der Waals surface area contributed by atoms with Gasteiger partial charge in [0.25, 0.3) is 5.69 Å². The van der Waals surface area contributed by atoms with E-state index in [0.717, 1.165) is 16.5 Å². The first-order chi connectivity index (χ1) is 10.0. The highest BCUT2D eigenvalue weighted by atomic mass is 35.5. The summed E-state index contributed by atoms with van der Waals surface area (Å²) in [4.78, 5) is 10.5. The third kappa shape index (κ3) is 2.73. The van der Waals surface area contributed by atoms with Crippen LogP contribution in [0.15, 0.2) is 48.7 Å². The van der Waals surface area contributed by atoms with Crippen LogP contribution in [0.4, 0.5) is 5.69 Å². The monoisotopic (exact) mass is 320 g/mol. The maximum atomic E-state index is 10.9. The van der Waals surface area contributed by atoms with E-state index >= 15 is 0 Å². The van der Waals surface area contributed by atoms with Gasteiger partial charge in [0.05, 0.1) is 10.4 Å². The fourth-order valence-corrected chi connectivity index (χ4v) is 2.64. The van der Waals surface area contributed by atoms with E-state index in [4.69, 9.17) is 23.2 Å². The van der Waals surface area contributed by atoms with E-state index in [9.17, 15) is 10.1 Å². The first kappa shape index (κ1) is 13.9. The van der Waals surface area contributed by atoms with E-state index < -0.39 is 4.92 Å². The van der Waals surface area contributed by atoms with Crippen molar-refractivity contribution in [1.29, 1.82) is 0 Å². The molecule has 0 atom stereocenters. The van der Waals surface area contributed by atoms with Gasteiger partial charge in [0.2, 0.25) is 0 Å². The minimum absolute atomic E-state index is 0.0691. The summed E-state index contributed by atoms with van der Waals surface area (Å²) in [6, 6.07) is 12.0. The Morgan fingerprint density at radius 3 is 2.67 bits per heavy atom. The second-order valence-electron chi connectivity index (χ2n) is 4.68. The molecule has 0 amide bonds. The van der Waals surface area contributed by atoms with E-state index in [1.54, 1.807) is 30.3 Å². The summed E-state index contributed by atoms with van der Waals surface area (Å²) in [6.45, 7) is 0.504. The van der Waals surface area contributed by atoms with Crippen molar-refractivity contribution in [2.24, 2.45) is 0 Å². The molecule has 1 aromatic heterocycles. The van der Waals surface area contributed by atoms with Crippen LogP contribution in [0.3, 0.4) is 0 Å². The number of hydrogen-bond donors (Lipinski definition) is 0. The van der Waals surface area contributed by atoms with Crippen molar-refractivity contribution in [3.8, 4) is 0 Å². The predicted molar refractivity (Wildman–Crippen MR) is 84.2 cm³/mol. The van der Waals surface area contributed by atoms with Crippen molar-refractivity contribution < 1.29 is 4.92 Å². The van der Waals surface area contributed by atoms with Gasteiger partial charge in [-0.2, -0.15) is 0 Å². The summed E-state index contributed by atoms with van der Waals surface area (Å²) in [5.41, 5.74) is 1.73. The SMILES string of the molecule is O=[N+]([O-])c1ccc2ccn(Cc3cc(Cl)ccc3Cl)c2c1. The lowest BCUT2D eigenvalue weighted by atomic mass is 10.2. The lowest BCUT2D eigenvalue weighted by Gasteiger charge is -2.08. The van der Waals surface area contributed by atoms with Crippen LogP contribution in [-0.4, -0.2) is 9.49 Å². The molecule has 6 heteroatoms. The van der Waals surface area contributed by atoms with Gasteiger partial charge in [0, 0.05) is 40.3 Å². The fraction of sp³-hybridized carbons (Fsp3) is 0.0667. The zero-order valence-electron chi connectivity index (χ0n) is 10.8. The second-order valence-corrected chi connectivity index (χ2v) is 5.52. The Morgan fingerprint density at radius 2 is 1.90 bits per heavy atom. The summed E-state index contributed by atoms with van der Waals surface area (Å²) >= 11 is 12.2. The molecular weight excluding hydrogens is 311 g/mol. The minimum Gasteiger partial charge on any atom is -0.343 e. The molecule has 0 spiro atoms. The standard InChI is InChI=1S/C15H10Cl2N2O2/c16-12-2-4-14(17)11(7-12)9-18-6-5-10-1-3-13(19(20)21)8-15(10)18/h1-8H,9H2. The van der Waals surface area contributed by atoms with Gasteiger partial charge in [-0.05, 0) is 35.9 Å². The third-order valence-electron chi connectivity index (χ3n) is 3.32. The molecule has 0 fully saturated rings. The molecule has 0 saturated heterocycles. The van der Waals surface area contributed by atoms with Crippen molar-refractivity contribution >= 4 is 39.8 Å². The molecule has 106 valence electrons. The molecule has 0 aliphatic heterocycles. The highest BCUT2D eigenvalue weighted by Crippen LogP contribution is 2.26. The minimum atomic E-state index is -0.400. The number of fused-ring (bicyclic) bond motifs is 1. The van der Waals surface area contributed by atoms with Crippen LogP contribution in [0.2, 0.25) is 10.0 Å². The number of nitrogens with zero attached hydrogens (tertiary/aromatic N) is 2. The summed E-state index contributed by atoms with van der Waals surface area (Å²) in [5.74, 6) is 0. The van der Waals surface area contributed by atoms with Gasteiger partial charge in [0.15, 0.2) is 0 Å². The molecule has 0 unspecified atom stereocenters. The van der Waals surface area contributed by atoms with E-state index in [1.807, 2.05) is 16.8 Å². The Bertz CT molecular complexity index is 843. The molecule has 0 aliphatic rings. The molecule has 3 aromatic rings. The number of hydrogen-bond acceptors (Lipinski definition) is 2. The zero-order valence-corrected chi connectivity index (χ0v) is 12.3. The second kappa shape index (κ2) is 5.39. The smallest absolute Gasteiger partial charge is 0.271 e. The van der Waals surface area contributed by atoms with Crippen LogP contribution in [0.5, 0.6) is 0 Å². The van der Waals surface area contributed by atoms with Crippen molar-refractivity contribution in [2.75, 3.05) is 0 Å². The Hall–Kier alpha value is -2.04.